The van der Waals surface area contributed by atoms with Crippen molar-refractivity contribution in [1.29, 1.82) is 0 Å². The van der Waals surface area contributed by atoms with Gasteiger partial charge in [-0.1, -0.05) is 15.9 Å². The van der Waals surface area contributed by atoms with Crippen LogP contribution in [0.2, 0.25) is 0 Å². The van der Waals surface area contributed by atoms with Gasteiger partial charge in [0.1, 0.15) is 0 Å². The lowest BCUT2D eigenvalue weighted by molar-refractivity contribution is 0.482. The molecule has 0 aromatic heterocycles. The molecule has 2 rings (SSSR count). The Morgan fingerprint density at radius 3 is 2.44 bits per heavy atom. The third kappa shape index (κ3) is 2.77. The van der Waals surface area contributed by atoms with Gasteiger partial charge in [0.05, 0.1) is 0 Å². The predicted molar refractivity (Wildman–Crippen MR) is 73.0 cm³/mol. The lowest BCUT2D eigenvalue weighted by Crippen LogP contribution is -2.32. The Balaban J connectivity index is 1.97. The Bertz CT molecular complexity index is 343. The lowest BCUT2D eigenvalue weighted by atomic mass is 10.1. The number of hydrogen-bond acceptors (Lipinski definition) is 2. The molecule has 0 atom stereocenters. The van der Waals surface area contributed by atoms with Gasteiger partial charge in [-0.2, -0.15) is 0 Å². The van der Waals surface area contributed by atoms with E-state index in [1.807, 2.05) is 7.05 Å². The number of halogens is 1. The van der Waals surface area contributed by atoms with Crippen molar-refractivity contribution < 1.29 is 0 Å². The molecule has 0 aliphatic heterocycles. The van der Waals surface area contributed by atoms with Gasteiger partial charge in [0.15, 0.2) is 0 Å². The highest BCUT2D eigenvalue weighted by molar-refractivity contribution is 9.10. The van der Waals surface area contributed by atoms with Gasteiger partial charge in [-0.3, -0.25) is 0 Å². The van der Waals surface area contributed by atoms with E-state index in [9.17, 15) is 0 Å². The standard InChI is InChI=1S/C13H19BrN2/c1-15-9-13(7-8-13)10-16(2)12-5-3-11(14)4-6-12/h3-6,15H,7-10H2,1-2H3. The highest BCUT2D eigenvalue weighted by atomic mass is 79.9. The normalized spacial score (nSPS) is 17.2. The van der Waals surface area contributed by atoms with Crippen LogP contribution in [-0.2, 0) is 0 Å². The maximum Gasteiger partial charge on any atom is 0.0364 e. The van der Waals surface area contributed by atoms with Gasteiger partial charge in [-0.15, -0.1) is 0 Å². The van der Waals surface area contributed by atoms with Crippen molar-refractivity contribution >= 4 is 21.6 Å². The van der Waals surface area contributed by atoms with Crippen molar-refractivity contribution in [3.63, 3.8) is 0 Å². The molecule has 0 bridgehead atoms. The number of hydrogen-bond donors (Lipinski definition) is 1. The minimum absolute atomic E-state index is 0.524. The minimum atomic E-state index is 0.524. The maximum atomic E-state index is 3.46. The molecule has 1 fully saturated rings. The topological polar surface area (TPSA) is 15.3 Å². The third-order valence-corrected chi connectivity index (χ3v) is 3.88. The zero-order chi connectivity index (χ0) is 11.6. The molecule has 1 saturated carbocycles. The number of anilines is 1. The fourth-order valence-corrected chi connectivity index (χ4v) is 2.50. The van der Waals surface area contributed by atoms with Crippen LogP contribution in [0.25, 0.3) is 0 Å². The van der Waals surface area contributed by atoms with Crippen molar-refractivity contribution in [2.45, 2.75) is 12.8 Å². The zero-order valence-electron chi connectivity index (χ0n) is 9.96. The third-order valence-electron chi connectivity index (χ3n) is 3.35. The molecule has 0 spiro atoms. The molecule has 0 heterocycles. The predicted octanol–water partition coefficient (Wildman–Crippen LogP) is 2.88. The summed E-state index contributed by atoms with van der Waals surface area (Å²) in [6, 6.07) is 8.53. The fourth-order valence-electron chi connectivity index (χ4n) is 2.23. The van der Waals surface area contributed by atoms with Crippen LogP contribution in [0.1, 0.15) is 12.8 Å². The molecule has 1 aliphatic rings. The van der Waals surface area contributed by atoms with E-state index in [0.717, 1.165) is 17.6 Å². The first-order valence-corrected chi connectivity index (χ1v) is 6.56. The molecule has 16 heavy (non-hydrogen) atoms. The molecule has 88 valence electrons. The summed E-state index contributed by atoms with van der Waals surface area (Å²) in [5.74, 6) is 0. The van der Waals surface area contributed by atoms with Crippen molar-refractivity contribution in [2.75, 3.05) is 32.1 Å². The van der Waals surface area contributed by atoms with Crippen LogP contribution < -0.4 is 10.2 Å². The lowest BCUT2D eigenvalue weighted by Gasteiger charge is -2.25. The smallest absolute Gasteiger partial charge is 0.0364 e. The van der Waals surface area contributed by atoms with Gasteiger partial charge in [-0.25, -0.2) is 0 Å². The second-order valence-electron chi connectivity index (χ2n) is 4.86. The molecule has 0 radical (unpaired) electrons. The zero-order valence-corrected chi connectivity index (χ0v) is 11.5. The van der Waals surface area contributed by atoms with Crippen LogP contribution in [0.3, 0.4) is 0 Å². The molecule has 0 unspecified atom stereocenters. The van der Waals surface area contributed by atoms with Gasteiger partial charge in [0.25, 0.3) is 0 Å². The Labute approximate surface area is 106 Å². The summed E-state index contributed by atoms with van der Waals surface area (Å²) in [7, 11) is 4.22. The first kappa shape index (κ1) is 11.9. The average Bonchev–Trinajstić information content (AvgIpc) is 2.99. The number of nitrogens with zero attached hydrogens (tertiary/aromatic N) is 1. The average molecular weight is 283 g/mol. The van der Waals surface area contributed by atoms with Crippen LogP contribution in [0.5, 0.6) is 0 Å². The Morgan fingerprint density at radius 1 is 1.31 bits per heavy atom. The van der Waals surface area contributed by atoms with Crippen LogP contribution >= 0.6 is 15.9 Å². The maximum absolute atomic E-state index is 3.46. The summed E-state index contributed by atoms with van der Waals surface area (Å²) >= 11 is 3.46. The van der Waals surface area contributed by atoms with Gasteiger partial charge in [-0.05, 0) is 44.2 Å². The SMILES string of the molecule is CNCC1(CN(C)c2ccc(Br)cc2)CC1. The van der Waals surface area contributed by atoms with Crippen molar-refractivity contribution in [3.05, 3.63) is 28.7 Å². The van der Waals surface area contributed by atoms with E-state index < -0.39 is 0 Å². The highest BCUT2D eigenvalue weighted by Crippen LogP contribution is 2.45. The van der Waals surface area contributed by atoms with Gasteiger partial charge in [0.2, 0.25) is 0 Å². The van der Waals surface area contributed by atoms with Gasteiger partial charge < -0.3 is 10.2 Å². The molecule has 0 saturated heterocycles. The second-order valence-corrected chi connectivity index (χ2v) is 5.78. The fraction of sp³-hybridized carbons (Fsp3) is 0.538. The summed E-state index contributed by atoms with van der Waals surface area (Å²) in [5.41, 5.74) is 1.82. The summed E-state index contributed by atoms with van der Waals surface area (Å²) in [5, 5.41) is 3.30. The van der Waals surface area contributed by atoms with E-state index in [-0.39, 0.29) is 0 Å². The molecular weight excluding hydrogens is 264 g/mol. The van der Waals surface area contributed by atoms with E-state index in [1.165, 1.54) is 18.5 Å². The van der Waals surface area contributed by atoms with Gasteiger partial charge >= 0.3 is 0 Å². The van der Waals surface area contributed by atoms with E-state index in [1.54, 1.807) is 0 Å². The summed E-state index contributed by atoms with van der Waals surface area (Å²) in [6.45, 7) is 2.28. The number of rotatable bonds is 5. The van der Waals surface area contributed by atoms with E-state index in [4.69, 9.17) is 0 Å². The molecule has 1 aliphatic carbocycles. The van der Waals surface area contributed by atoms with E-state index >= 15 is 0 Å². The Kier molecular flexibility index (Phi) is 3.55. The van der Waals surface area contributed by atoms with Crippen LogP contribution in [0.15, 0.2) is 28.7 Å². The summed E-state index contributed by atoms with van der Waals surface area (Å²) in [4.78, 5) is 2.36. The van der Waals surface area contributed by atoms with Gasteiger partial charge in [0, 0.05) is 35.7 Å². The van der Waals surface area contributed by atoms with E-state index in [2.05, 4.69) is 57.5 Å². The molecule has 3 heteroatoms. The molecule has 1 aromatic carbocycles. The van der Waals surface area contributed by atoms with Crippen molar-refractivity contribution in [1.82, 2.24) is 5.32 Å². The van der Waals surface area contributed by atoms with Crippen LogP contribution in [-0.4, -0.2) is 27.2 Å². The molecule has 1 aromatic rings. The van der Waals surface area contributed by atoms with Crippen molar-refractivity contribution in [2.24, 2.45) is 5.41 Å². The Hall–Kier alpha value is -0.540. The van der Waals surface area contributed by atoms with Crippen molar-refractivity contribution in [3.8, 4) is 0 Å². The monoisotopic (exact) mass is 282 g/mol. The van der Waals surface area contributed by atoms with Crippen LogP contribution in [0, 0.1) is 5.41 Å². The van der Waals surface area contributed by atoms with Crippen LogP contribution in [0.4, 0.5) is 5.69 Å². The Morgan fingerprint density at radius 2 is 1.94 bits per heavy atom. The molecule has 1 N–H and O–H groups in total. The first-order chi connectivity index (χ1) is 7.65. The second kappa shape index (κ2) is 4.76. The molecule has 2 nitrogen and oxygen atoms in total. The highest BCUT2D eigenvalue weighted by Gasteiger charge is 2.42. The molecular formula is C13H19BrN2. The number of benzene rings is 1. The van der Waals surface area contributed by atoms with E-state index in [0.29, 0.717) is 5.41 Å². The quantitative estimate of drug-likeness (QED) is 0.894. The summed E-state index contributed by atoms with van der Waals surface area (Å²) in [6.07, 6.45) is 2.71. The largest absolute Gasteiger partial charge is 0.374 e. The first-order valence-electron chi connectivity index (χ1n) is 5.77. The summed E-state index contributed by atoms with van der Waals surface area (Å²) < 4.78 is 1.14. The minimum Gasteiger partial charge on any atom is -0.374 e. The molecule has 0 amide bonds. The number of nitrogens with one attached hydrogen (secondary N) is 1.